The van der Waals surface area contributed by atoms with Gasteiger partial charge < -0.3 is 10.5 Å². The molecule has 0 heterocycles. The van der Waals surface area contributed by atoms with Gasteiger partial charge >= 0.3 is 0 Å². The first-order chi connectivity index (χ1) is 9.15. The Kier molecular flexibility index (Phi) is 5.26. The molecule has 2 nitrogen and oxygen atoms in total. The normalized spacial score (nSPS) is 18.5. The topological polar surface area (TPSA) is 35.2 Å². The van der Waals surface area contributed by atoms with E-state index in [2.05, 4.69) is 12.1 Å². The minimum Gasteiger partial charge on any atom is -0.491 e. The molecule has 1 unspecified atom stereocenters. The SMILES string of the molecule is CC(C)Oc1ccc(C(N)CC2CCCCC2)cc1. The van der Waals surface area contributed by atoms with Crippen molar-refractivity contribution in [3.8, 4) is 5.75 Å². The summed E-state index contributed by atoms with van der Waals surface area (Å²) in [5, 5.41) is 0. The Labute approximate surface area is 117 Å². The highest BCUT2D eigenvalue weighted by Crippen LogP contribution is 2.31. The molecule has 1 saturated carbocycles. The predicted octanol–water partition coefficient (Wildman–Crippen LogP) is 4.44. The zero-order valence-corrected chi connectivity index (χ0v) is 12.3. The third-order valence-electron chi connectivity index (χ3n) is 3.99. The smallest absolute Gasteiger partial charge is 0.119 e. The molecule has 1 atom stereocenters. The lowest BCUT2D eigenvalue weighted by Gasteiger charge is -2.24. The summed E-state index contributed by atoms with van der Waals surface area (Å²) >= 11 is 0. The van der Waals surface area contributed by atoms with E-state index < -0.39 is 0 Å². The number of ether oxygens (including phenoxy) is 1. The van der Waals surface area contributed by atoms with Crippen LogP contribution in [0.5, 0.6) is 5.75 Å². The van der Waals surface area contributed by atoms with Crippen molar-refractivity contribution in [1.29, 1.82) is 0 Å². The van der Waals surface area contributed by atoms with E-state index in [4.69, 9.17) is 10.5 Å². The fourth-order valence-corrected chi connectivity index (χ4v) is 2.98. The molecule has 1 fully saturated rings. The van der Waals surface area contributed by atoms with E-state index in [0.29, 0.717) is 0 Å². The first kappa shape index (κ1) is 14.4. The second-order valence-electron chi connectivity index (χ2n) is 6.08. The highest BCUT2D eigenvalue weighted by atomic mass is 16.5. The third kappa shape index (κ3) is 4.54. The van der Waals surface area contributed by atoms with Crippen molar-refractivity contribution < 1.29 is 4.74 Å². The van der Waals surface area contributed by atoms with Gasteiger partial charge in [-0.3, -0.25) is 0 Å². The van der Waals surface area contributed by atoms with Crippen molar-refractivity contribution in [2.75, 3.05) is 0 Å². The van der Waals surface area contributed by atoms with E-state index in [9.17, 15) is 0 Å². The van der Waals surface area contributed by atoms with Crippen LogP contribution in [0.3, 0.4) is 0 Å². The number of rotatable bonds is 5. The molecule has 2 heteroatoms. The first-order valence-corrected chi connectivity index (χ1v) is 7.67. The van der Waals surface area contributed by atoms with Gasteiger partial charge in [0.1, 0.15) is 5.75 Å². The average Bonchev–Trinajstić information content (AvgIpc) is 2.40. The van der Waals surface area contributed by atoms with Gasteiger partial charge in [0.05, 0.1) is 6.10 Å². The lowest BCUT2D eigenvalue weighted by molar-refractivity contribution is 0.242. The molecule has 2 N–H and O–H groups in total. The molecule has 0 aliphatic heterocycles. The zero-order chi connectivity index (χ0) is 13.7. The Balaban J connectivity index is 1.89. The van der Waals surface area contributed by atoms with Crippen molar-refractivity contribution >= 4 is 0 Å². The summed E-state index contributed by atoms with van der Waals surface area (Å²) in [4.78, 5) is 0. The monoisotopic (exact) mass is 261 g/mol. The molecule has 0 amide bonds. The second-order valence-corrected chi connectivity index (χ2v) is 6.08. The Morgan fingerprint density at radius 2 is 1.74 bits per heavy atom. The van der Waals surface area contributed by atoms with Gasteiger partial charge in [-0.2, -0.15) is 0 Å². The molecule has 1 aliphatic rings. The molecular weight excluding hydrogens is 234 g/mol. The highest BCUT2D eigenvalue weighted by Gasteiger charge is 2.17. The van der Waals surface area contributed by atoms with Crippen LogP contribution in [0.1, 0.15) is 64.0 Å². The van der Waals surface area contributed by atoms with Crippen LogP contribution >= 0.6 is 0 Å². The molecule has 106 valence electrons. The summed E-state index contributed by atoms with van der Waals surface area (Å²) in [6, 6.07) is 8.49. The Hall–Kier alpha value is -1.02. The fraction of sp³-hybridized carbons (Fsp3) is 0.647. The number of benzene rings is 1. The van der Waals surface area contributed by atoms with Crippen molar-refractivity contribution in [1.82, 2.24) is 0 Å². The predicted molar refractivity (Wildman–Crippen MR) is 80.3 cm³/mol. The van der Waals surface area contributed by atoms with Crippen LogP contribution in [0.2, 0.25) is 0 Å². The molecule has 0 aromatic heterocycles. The van der Waals surface area contributed by atoms with E-state index in [-0.39, 0.29) is 12.1 Å². The van der Waals surface area contributed by atoms with E-state index >= 15 is 0 Å². The fourth-order valence-electron chi connectivity index (χ4n) is 2.98. The number of hydrogen-bond donors (Lipinski definition) is 1. The Morgan fingerprint density at radius 1 is 1.11 bits per heavy atom. The van der Waals surface area contributed by atoms with Crippen LogP contribution in [-0.4, -0.2) is 6.10 Å². The molecule has 1 aromatic rings. The lowest BCUT2D eigenvalue weighted by atomic mass is 9.83. The zero-order valence-electron chi connectivity index (χ0n) is 12.3. The Morgan fingerprint density at radius 3 is 2.32 bits per heavy atom. The number of hydrogen-bond acceptors (Lipinski definition) is 2. The molecule has 2 rings (SSSR count). The van der Waals surface area contributed by atoms with Gasteiger partial charge in [0.2, 0.25) is 0 Å². The van der Waals surface area contributed by atoms with E-state index in [1.165, 1.54) is 37.7 Å². The summed E-state index contributed by atoms with van der Waals surface area (Å²) in [6.07, 6.45) is 8.26. The molecule has 1 aromatic carbocycles. The largest absolute Gasteiger partial charge is 0.491 e. The van der Waals surface area contributed by atoms with Crippen molar-refractivity contribution in [3.05, 3.63) is 29.8 Å². The standard InChI is InChI=1S/C17H27NO/c1-13(2)19-16-10-8-15(9-11-16)17(18)12-14-6-4-3-5-7-14/h8-11,13-14,17H,3-7,12,18H2,1-2H3. The summed E-state index contributed by atoms with van der Waals surface area (Å²) in [7, 11) is 0. The van der Waals surface area contributed by atoms with E-state index in [1.807, 2.05) is 26.0 Å². The maximum absolute atomic E-state index is 6.34. The Bertz CT molecular complexity index is 365. The van der Waals surface area contributed by atoms with Gasteiger partial charge in [0.15, 0.2) is 0 Å². The van der Waals surface area contributed by atoms with Gasteiger partial charge in [0, 0.05) is 6.04 Å². The van der Waals surface area contributed by atoms with Crippen LogP contribution < -0.4 is 10.5 Å². The molecule has 0 saturated heterocycles. The maximum atomic E-state index is 6.34. The van der Waals surface area contributed by atoms with Gasteiger partial charge in [-0.15, -0.1) is 0 Å². The molecule has 1 aliphatic carbocycles. The molecule has 19 heavy (non-hydrogen) atoms. The summed E-state index contributed by atoms with van der Waals surface area (Å²) in [6.45, 7) is 4.09. The minimum atomic E-state index is 0.177. The van der Waals surface area contributed by atoms with E-state index in [1.54, 1.807) is 0 Å². The van der Waals surface area contributed by atoms with Crippen LogP contribution in [0.15, 0.2) is 24.3 Å². The minimum absolute atomic E-state index is 0.177. The van der Waals surface area contributed by atoms with Gasteiger partial charge in [-0.25, -0.2) is 0 Å². The molecule has 0 radical (unpaired) electrons. The van der Waals surface area contributed by atoms with Gasteiger partial charge in [-0.1, -0.05) is 44.2 Å². The quantitative estimate of drug-likeness (QED) is 0.850. The molecular formula is C17H27NO. The lowest BCUT2D eigenvalue weighted by Crippen LogP contribution is -2.17. The van der Waals surface area contributed by atoms with Crippen molar-refractivity contribution in [3.63, 3.8) is 0 Å². The summed E-state index contributed by atoms with van der Waals surface area (Å²) in [5.74, 6) is 1.76. The summed E-state index contributed by atoms with van der Waals surface area (Å²) < 4.78 is 5.66. The van der Waals surface area contributed by atoms with E-state index in [0.717, 1.165) is 18.1 Å². The van der Waals surface area contributed by atoms with Gasteiger partial charge in [0.25, 0.3) is 0 Å². The highest BCUT2D eigenvalue weighted by molar-refractivity contribution is 5.29. The van der Waals surface area contributed by atoms with Crippen LogP contribution in [0, 0.1) is 5.92 Å². The summed E-state index contributed by atoms with van der Waals surface area (Å²) in [5.41, 5.74) is 7.57. The second kappa shape index (κ2) is 6.95. The van der Waals surface area contributed by atoms with Crippen molar-refractivity contribution in [2.24, 2.45) is 11.7 Å². The molecule has 0 bridgehead atoms. The van der Waals surface area contributed by atoms with Gasteiger partial charge in [-0.05, 0) is 43.9 Å². The van der Waals surface area contributed by atoms with Crippen LogP contribution in [0.25, 0.3) is 0 Å². The maximum Gasteiger partial charge on any atom is 0.119 e. The van der Waals surface area contributed by atoms with Crippen molar-refractivity contribution in [2.45, 2.75) is 64.5 Å². The first-order valence-electron chi connectivity index (χ1n) is 7.67. The van der Waals surface area contributed by atoms with Crippen LogP contribution in [-0.2, 0) is 0 Å². The van der Waals surface area contributed by atoms with Crippen LogP contribution in [0.4, 0.5) is 0 Å². The number of nitrogens with two attached hydrogens (primary N) is 1. The molecule has 0 spiro atoms. The third-order valence-corrected chi connectivity index (χ3v) is 3.99. The average molecular weight is 261 g/mol.